The molecule has 3 rings (SSSR count). The summed E-state index contributed by atoms with van der Waals surface area (Å²) in [4.78, 5) is 4.07. The average molecular weight is 280 g/mol. The van der Waals surface area contributed by atoms with Crippen LogP contribution in [-0.4, -0.2) is 9.55 Å². The molecule has 1 heterocycles. The van der Waals surface area contributed by atoms with Gasteiger partial charge in [-0.1, -0.05) is 42.5 Å². The van der Waals surface area contributed by atoms with E-state index in [0.29, 0.717) is 0 Å². The van der Waals surface area contributed by atoms with E-state index in [1.807, 2.05) is 42.9 Å². The van der Waals surface area contributed by atoms with Crippen molar-refractivity contribution in [3.63, 3.8) is 0 Å². The average Bonchev–Trinajstić information content (AvgIpc) is 3.04. The van der Waals surface area contributed by atoms with Gasteiger partial charge in [-0.25, -0.2) is 9.37 Å². The van der Waals surface area contributed by atoms with Gasteiger partial charge in [-0.3, -0.25) is 0 Å². The monoisotopic (exact) mass is 280 g/mol. The summed E-state index contributed by atoms with van der Waals surface area (Å²) in [5, 5.41) is 0. The second-order valence-corrected chi connectivity index (χ2v) is 5.10. The number of imidazole rings is 1. The van der Waals surface area contributed by atoms with Crippen molar-refractivity contribution in [2.24, 2.45) is 0 Å². The van der Waals surface area contributed by atoms with Crippen LogP contribution in [-0.2, 0) is 6.54 Å². The molecule has 0 N–H and O–H groups in total. The van der Waals surface area contributed by atoms with Crippen molar-refractivity contribution < 1.29 is 4.39 Å². The van der Waals surface area contributed by atoms with Crippen molar-refractivity contribution in [1.29, 1.82) is 0 Å². The lowest BCUT2D eigenvalue weighted by molar-refractivity contribution is 0.591. The van der Waals surface area contributed by atoms with E-state index in [1.54, 1.807) is 6.20 Å². The molecule has 0 fully saturated rings. The maximum Gasteiger partial charge on any atom is 0.123 e. The van der Waals surface area contributed by atoms with Gasteiger partial charge in [-0.2, -0.15) is 0 Å². The summed E-state index contributed by atoms with van der Waals surface area (Å²) in [5.41, 5.74) is 2.40. The number of rotatable bonds is 5. The summed E-state index contributed by atoms with van der Waals surface area (Å²) in [6.07, 6.45) is 6.53. The van der Waals surface area contributed by atoms with Crippen LogP contribution in [0.2, 0.25) is 0 Å². The van der Waals surface area contributed by atoms with Crippen molar-refractivity contribution in [2.75, 3.05) is 0 Å². The smallest absolute Gasteiger partial charge is 0.123 e. The summed E-state index contributed by atoms with van der Waals surface area (Å²) >= 11 is 0. The van der Waals surface area contributed by atoms with Gasteiger partial charge in [-0.15, -0.1) is 0 Å². The van der Waals surface area contributed by atoms with Crippen LogP contribution >= 0.6 is 0 Å². The van der Waals surface area contributed by atoms with Crippen LogP contribution < -0.4 is 0 Å². The lowest BCUT2D eigenvalue weighted by atomic mass is 9.88. The van der Waals surface area contributed by atoms with Crippen molar-refractivity contribution in [3.05, 3.63) is 90.3 Å². The predicted octanol–water partition coefficient (Wildman–Crippen LogP) is 4.24. The quantitative estimate of drug-likeness (QED) is 0.683. The largest absolute Gasteiger partial charge is 0.337 e. The first kappa shape index (κ1) is 13.6. The first-order valence-corrected chi connectivity index (χ1v) is 7.09. The van der Waals surface area contributed by atoms with Crippen LogP contribution in [0.1, 0.15) is 23.5 Å². The second-order valence-electron chi connectivity index (χ2n) is 5.10. The summed E-state index contributed by atoms with van der Waals surface area (Å²) in [6, 6.07) is 17.2. The molecule has 2 nitrogen and oxygen atoms in total. The fraction of sp³-hybridized carbons (Fsp3) is 0.167. The Hall–Kier alpha value is -2.42. The second kappa shape index (κ2) is 6.35. The molecule has 1 unspecified atom stereocenters. The fourth-order valence-electron chi connectivity index (χ4n) is 2.60. The van der Waals surface area contributed by atoms with Crippen LogP contribution in [0.4, 0.5) is 4.39 Å². The van der Waals surface area contributed by atoms with Gasteiger partial charge >= 0.3 is 0 Å². The molecule has 21 heavy (non-hydrogen) atoms. The topological polar surface area (TPSA) is 17.8 Å². The van der Waals surface area contributed by atoms with E-state index < -0.39 is 0 Å². The summed E-state index contributed by atoms with van der Waals surface area (Å²) in [6.45, 7) is 0.886. The Balaban J connectivity index is 1.85. The number of aromatic nitrogens is 2. The van der Waals surface area contributed by atoms with E-state index in [1.165, 1.54) is 17.7 Å². The Morgan fingerprint density at radius 1 is 0.952 bits per heavy atom. The molecule has 0 aliphatic heterocycles. The van der Waals surface area contributed by atoms with Gasteiger partial charge in [0, 0.05) is 24.9 Å². The Labute approximate surface area is 123 Å². The van der Waals surface area contributed by atoms with Gasteiger partial charge in [0.05, 0.1) is 6.33 Å². The molecule has 0 amide bonds. The fourth-order valence-corrected chi connectivity index (χ4v) is 2.60. The first-order valence-electron chi connectivity index (χ1n) is 7.09. The Morgan fingerprint density at radius 2 is 1.67 bits per heavy atom. The van der Waals surface area contributed by atoms with Crippen molar-refractivity contribution in [2.45, 2.75) is 18.9 Å². The van der Waals surface area contributed by atoms with E-state index in [9.17, 15) is 4.39 Å². The molecule has 0 saturated heterocycles. The van der Waals surface area contributed by atoms with Crippen molar-refractivity contribution in [1.82, 2.24) is 9.55 Å². The number of hydrogen-bond acceptors (Lipinski definition) is 1. The van der Waals surface area contributed by atoms with E-state index in [4.69, 9.17) is 0 Å². The molecule has 1 aromatic heterocycles. The maximum absolute atomic E-state index is 13.1. The summed E-state index contributed by atoms with van der Waals surface area (Å²) in [5.74, 6) is 0.0642. The van der Waals surface area contributed by atoms with Gasteiger partial charge in [0.2, 0.25) is 0 Å². The Bertz CT molecular complexity index is 660. The molecule has 0 saturated carbocycles. The van der Waals surface area contributed by atoms with Crippen LogP contribution in [0.3, 0.4) is 0 Å². The molecule has 0 spiro atoms. The summed E-state index contributed by atoms with van der Waals surface area (Å²) in [7, 11) is 0. The molecule has 0 aliphatic carbocycles. The standard InChI is InChI=1S/C18H17FN2/c19-17-8-6-16(7-9-17)18(15-4-2-1-3-5-15)10-12-21-13-11-20-14-21/h1-9,11,13-14,18H,10,12H2. The first-order chi connectivity index (χ1) is 10.3. The number of aryl methyl sites for hydroxylation is 1. The van der Waals surface area contributed by atoms with Gasteiger partial charge in [-0.05, 0) is 29.7 Å². The van der Waals surface area contributed by atoms with E-state index in [2.05, 4.69) is 21.7 Å². The highest BCUT2D eigenvalue weighted by molar-refractivity contribution is 5.32. The van der Waals surface area contributed by atoms with Crippen LogP contribution in [0.5, 0.6) is 0 Å². The number of nitrogens with zero attached hydrogens (tertiary/aromatic N) is 2. The molecule has 2 aromatic carbocycles. The Morgan fingerprint density at radius 3 is 2.33 bits per heavy atom. The molecule has 0 bridgehead atoms. The lowest BCUT2D eigenvalue weighted by Gasteiger charge is -2.18. The molecular formula is C18H17FN2. The van der Waals surface area contributed by atoms with E-state index >= 15 is 0 Å². The Kier molecular flexibility index (Phi) is 4.10. The molecule has 1 atom stereocenters. The number of halogens is 1. The third-order valence-electron chi connectivity index (χ3n) is 3.71. The SMILES string of the molecule is Fc1ccc(C(CCn2ccnc2)c2ccccc2)cc1. The van der Waals surface area contributed by atoms with Crippen LogP contribution in [0, 0.1) is 5.82 Å². The minimum atomic E-state index is -0.194. The molecule has 0 aliphatic rings. The molecule has 3 heteroatoms. The van der Waals surface area contributed by atoms with E-state index in [0.717, 1.165) is 18.5 Å². The van der Waals surface area contributed by atoms with Gasteiger partial charge in [0.15, 0.2) is 0 Å². The minimum absolute atomic E-state index is 0.194. The minimum Gasteiger partial charge on any atom is -0.337 e. The lowest BCUT2D eigenvalue weighted by Crippen LogP contribution is -2.06. The highest BCUT2D eigenvalue weighted by Gasteiger charge is 2.14. The van der Waals surface area contributed by atoms with Gasteiger partial charge in [0.25, 0.3) is 0 Å². The normalized spacial score (nSPS) is 12.2. The molecule has 0 radical (unpaired) electrons. The summed E-state index contributed by atoms with van der Waals surface area (Å²) < 4.78 is 15.2. The number of benzene rings is 2. The van der Waals surface area contributed by atoms with E-state index in [-0.39, 0.29) is 11.7 Å². The third kappa shape index (κ3) is 3.37. The predicted molar refractivity (Wildman–Crippen MR) is 81.5 cm³/mol. The highest BCUT2D eigenvalue weighted by Crippen LogP contribution is 2.28. The zero-order valence-corrected chi connectivity index (χ0v) is 11.7. The maximum atomic E-state index is 13.1. The van der Waals surface area contributed by atoms with Crippen molar-refractivity contribution >= 4 is 0 Å². The zero-order chi connectivity index (χ0) is 14.5. The molecule has 3 aromatic rings. The van der Waals surface area contributed by atoms with Crippen molar-refractivity contribution in [3.8, 4) is 0 Å². The highest BCUT2D eigenvalue weighted by atomic mass is 19.1. The third-order valence-corrected chi connectivity index (χ3v) is 3.71. The van der Waals surface area contributed by atoms with Crippen LogP contribution in [0.15, 0.2) is 73.3 Å². The van der Waals surface area contributed by atoms with Gasteiger partial charge < -0.3 is 4.57 Å². The molecular weight excluding hydrogens is 263 g/mol. The van der Waals surface area contributed by atoms with Gasteiger partial charge in [0.1, 0.15) is 5.82 Å². The molecule has 106 valence electrons. The van der Waals surface area contributed by atoms with Crippen LogP contribution in [0.25, 0.3) is 0 Å². The zero-order valence-electron chi connectivity index (χ0n) is 11.7. The number of hydrogen-bond donors (Lipinski definition) is 0.